The minimum absolute atomic E-state index is 0.178. The summed E-state index contributed by atoms with van der Waals surface area (Å²) >= 11 is 2.65. The molecule has 0 saturated heterocycles. The Morgan fingerprint density at radius 2 is 2.14 bits per heavy atom. The van der Waals surface area contributed by atoms with Crippen molar-refractivity contribution in [2.75, 3.05) is 12.9 Å². The van der Waals surface area contributed by atoms with E-state index in [1.807, 2.05) is 30.3 Å². The van der Waals surface area contributed by atoms with Crippen LogP contribution in [0.4, 0.5) is 0 Å². The maximum atomic E-state index is 12.0. The third kappa shape index (κ3) is 5.12. The normalized spacial score (nSPS) is 11.7. The second kappa shape index (κ2) is 8.50. The fraction of sp³-hybridized carbons (Fsp3) is 0.286. The van der Waals surface area contributed by atoms with Crippen molar-refractivity contribution in [3.63, 3.8) is 0 Å². The van der Waals surface area contributed by atoms with Gasteiger partial charge in [0.2, 0.25) is 5.91 Å². The second-order valence-corrected chi connectivity index (χ2v) is 6.38. The summed E-state index contributed by atoms with van der Waals surface area (Å²) in [7, 11) is 1.31. The van der Waals surface area contributed by atoms with Gasteiger partial charge in [-0.1, -0.05) is 53.4 Å². The molecule has 2 aromatic rings. The first kappa shape index (κ1) is 16.4. The number of hydrogen-bond acceptors (Lipinski definition) is 7. The van der Waals surface area contributed by atoms with Crippen molar-refractivity contribution in [2.24, 2.45) is 0 Å². The van der Waals surface area contributed by atoms with Gasteiger partial charge in [-0.2, -0.15) is 0 Å². The molecule has 1 heterocycles. The van der Waals surface area contributed by atoms with Crippen molar-refractivity contribution in [2.45, 2.75) is 16.8 Å². The number of rotatable bonds is 7. The monoisotopic (exact) mass is 337 g/mol. The molecule has 0 saturated carbocycles. The molecule has 6 nitrogen and oxygen atoms in total. The zero-order valence-electron chi connectivity index (χ0n) is 11.9. The van der Waals surface area contributed by atoms with Crippen molar-refractivity contribution in [3.05, 3.63) is 41.4 Å². The Labute approximate surface area is 136 Å². The van der Waals surface area contributed by atoms with E-state index < -0.39 is 12.0 Å². The van der Waals surface area contributed by atoms with E-state index in [1.165, 1.54) is 30.2 Å². The molecule has 1 atom stereocenters. The average Bonchev–Trinajstić information content (AvgIpc) is 3.06. The number of carbonyl (C=O) groups is 2. The van der Waals surface area contributed by atoms with Crippen LogP contribution in [0.2, 0.25) is 0 Å². The summed E-state index contributed by atoms with van der Waals surface area (Å²) in [5, 5.41) is 10.2. The minimum atomic E-state index is -0.699. The number of ether oxygens (including phenoxy) is 1. The van der Waals surface area contributed by atoms with Gasteiger partial charge in [-0.25, -0.2) is 4.79 Å². The van der Waals surface area contributed by atoms with E-state index in [0.29, 0.717) is 10.8 Å². The summed E-state index contributed by atoms with van der Waals surface area (Å²) in [5.74, 6) is -0.526. The molecule has 0 aliphatic carbocycles. The Balaban J connectivity index is 1.91. The lowest BCUT2D eigenvalue weighted by Crippen LogP contribution is -2.43. The van der Waals surface area contributed by atoms with Crippen LogP contribution in [-0.2, 0) is 20.7 Å². The van der Waals surface area contributed by atoms with E-state index in [2.05, 4.69) is 15.5 Å². The van der Waals surface area contributed by atoms with Crippen LogP contribution in [0.1, 0.15) is 5.56 Å². The van der Waals surface area contributed by atoms with Crippen LogP contribution < -0.4 is 5.32 Å². The summed E-state index contributed by atoms with van der Waals surface area (Å²) in [6.45, 7) is 0. The van der Waals surface area contributed by atoms with Gasteiger partial charge in [-0.15, -0.1) is 10.2 Å². The molecule has 0 aliphatic rings. The van der Waals surface area contributed by atoms with Gasteiger partial charge in [0.1, 0.15) is 11.6 Å². The van der Waals surface area contributed by atoms with Gasteiger partial charge in [0.25, 0.3) is 0 Å². The third-order valence-corrected chi connectivity index (χ3v) is 4.63. The number of hydrogen-bond donors (Lipinski definition) is 1. The Morgan fingerprint density at radius 3 is 2.77 bits per heavy atom. The first-order valence-corrected chi connectivity index (χ1v) is 8.35. The van der Waals surface area contributed by atoms with E-state index in [9.17, 15) is 9.59 Å². The van der Waals surface area contributed by atoms with Gasteiger partial charge in [-0.05, 0) is 5.56 Å². The molecule has 8 heteroatoms. The zero-order chi connectivity index (χ0) is 15.8. The number of methoxy groups -OCH3 is 1. The average molecular weight is 337 g/mol. The Morgan fingerprint density at radius 1 is 1.36 bits per heavy atom. The fourth-order valence-electron chi connectivity index (χ4n) is 1.77. The minimum Gasteiger partial charge on any atom is -0.467 e. The van der Waals surface area contributed by atoms with Crippen LogP contribution in [0.25, 0.3) is 0 Å². The standard InChI is InChI=1S/C14H15N3O3S2/c1-20-13(19)11(7-10-5-3-2-4-6-10)16-12(18)8-21-14-17-15-9-22-14/h2-6,9,11H,7-8H2,1H3,(H,16,18)/t11-/m0/s1. The highest BCUT2D eigenvalue weighted by atomic mass is 32.2. The summed E-state index contributed by atoms with van der Waals surface area (Å²) < 4.78 is 5.47. The number of esters is 1. The summed E-state index contributed by atoms with van der Waals surface area (Å²) in [6.07, 6.45) is 0.392. The lowest BCUT2D eigenvalue weighted by molar-refractivity contribution is -0.144. The number of nitrogens with zero attached hydrogens (tertiary/aromatic N) is 2. The number of nitrogens with one attached hydrogen (secondary N) is 1. The lowest BCUT2D eigenvalue weighted by Gasteiger charge is -2.16. The molecule has 1 aromatic heterocycles. The molecule has 0 bridgehead atoms. The molecule has 1 aromatic carbocycles. The molecule has 2 rings (SSSR count). The van der Waals surface area contributed by atoms with Gasteiger partial charge in [0.15, 0.2) is 4.34 Å². The second-order valence-electron chi connectivity index (χ2n) is 4.33. The van der Waals surface area contributed by atoms with Crippen LogP contribution in [0.5, 0.6) is 0 Å². The Hall–Kier alpha value is -1.93. The molecule has 0 spiro atoms. The Bertz CT molecular complexity index is 605. The first-order chi connectivity index (χ1) is 10.7. The SMILES string of the molecule is COC(=O)[C@H](Cc1ccccc1)NC(=O)CSc1nncs1. The van der Waals surface area contributed by atoms with Crippen LogP contribution in [0.3, 0.4) is 0 Å². The van der Waals surface area contributed by atoms with Crippen LogP contribution in [-0.4, -0.2) is 41.0 Å². The number of amides is 1. The largest absolute Gasteiger partial charge is 0.467 e. The Kier molecular flexibility index (Phi) is 6.35. The number of carbonyl (C=O) groups excluding carboxylic acids is 2. The van der Waals surface area contributed by atoms with Gasteiger partial charge in [0.05, 0.1) is 12.9 Å². The van der Waals surface area contributed by atoms with Gasteiger partial charge >= 0.3 is 5.97 Å². The van der Waals surface area contributed by atoms with Gasteiger partial charge in [-0.3, -0.25) is 4.79 Å². The van der Waals surface area contributed by atoms with Crippen molar-refractivity contribution in [1.29, 1.82) is 0 Å². The highest BCUT2D eigenvalue weighted by Gasteiger charge is 2.22. The maximum absolute atomic E-state index is 12.0. The van der Waals surface area contributed by atoms with Gasteiger partial charge < -0.3 is 10.1 Å². The molecule has 0 fully saturated rings. The van der Waals surface area contributed by atoms with Crippen molar-refractivity contribution >= 4 is 35.0 Å². The zero-order valence-corrected chi connectivity index (χ0v) is 13.5. The number of benzene rings is 1. The van der Waals surface area contributed by atoms with E-state index in [4.69, 9.17) is 4.74 Å². The van der Waals surface area contributed by atoms with Crippen LogP contribution >= 0.6 is 23.1 Å². The molecule has 22 heavy (non-hydrogen) atoms. The van der Waals surface area contributed by atoms with Crippen molar-refractivity contribution in [3.8, 4) is 0 Å². The van der Waals surface area contributed by atoms with Crippen LogP contribution in [0.15, 0.2) is 40.2 Å². The third-order valence-electron chi connectivity index (χ3n) is 2.77. The van der Waals surface area contributed by atoms with E-state index in [0.717, 1.165) is 5.56 Å². The molecule has 116 valence electrons. The molecular formula is C14H15N3O3S2. The van der Waals surface area contributed by atoms with E-state index >= 15 is 0 Å². The maximum Gasteiger partial charge on any atom is 0.328 e. The molecule has 1 amide bonds. The first-order valence-electron chi connectivity index (χ1n) is 6.49. The summed E-state index contributed by atoms with van der Waals surface area (Å²) in [4.78, 5) is 23.8. The molecule has 1 N–H and O–H groups in total. The van der Waals surface area contributed by atoms with Crippen molar-refractivity contribution < 1.29 is 14.3 Å². The van der Waals surface area contributed by atoms with Gasteiger partial charge in [0, 0.05) is 6.42 Å². The molecule has 0 unspecified atom stereocenters. The smallest absolute Gasteiger partial charge is 0.328 e. The highest BCUT2D eigenvalue weighted by molar-refractivity contribution is 8.01. The highest BCUT2D eigenvalue weighted by Crippen LogP contribution is 2.18. The van der Waals surface area contributed by atoms with Crippen LogP contribution in [0, 0.1) is 0 Å². The van der Waals surface area contributed by atoms with E-state index in [1.54, 1.807) is 5.51 Å². The molecular weight excluding hydrogens is 322 g/mol. The predicted molar refractivity (Wildman–Crippen MR) is 84.7 cm³/mol. The lowest BCUT2D eigenvalue weighted by atomic mass is 10.1. The predicted octanol–water partition coefficient (Wildman–Crippen LogP) is 1.53. The number of thioether (sulfide) groups is 1. The van der Waals surface area contributed by atoms with Crippen molar-refractivity contribution in [1.82, 2.24) is 15.5 Å². The fourth-order valence-corrected chi connectivity index (χ4v) is 3.07. The quantitative estimate of drug-likeness (QED) is 0.609. The summed E-state index contributed by atoms with van der Waals surface area (Å²) in [6, 6.07) is 8.77. The molecule has 0 aliphatic heterocycles. The van der Waals surface area contributed by atoms with E-state index in [-0.39, 0.29) is 11.7 Å². The summed E-state index contributed by atoms with van der Waals surface area (Å²) in [5.41, 5.74) is 2.56. The topological polar surface area (TPSA) is 81.2 Å². The number of aromatic nitrogens is 2. The molecule has 0 radical (unpaired) electrons.